The monoisotopic (exact) mass is 283 g/mol. The first-order chi connectivity index (χ1) is 9.72. The van der Waals surface area contributed by atoms with E-state index < -0.39 is 0 Å². The van der Waals surface area contributed by atoms with Gasteiger partial charge in [-0.05, 0) is 60.4 Å². The van der Waals surface area contributed by atoms with Crippen molar-refractivity contribution in [1.82, 2.24) is 4.90 Å². The SMILES string of the molecule is CN1C2C=C(c3cccc4cc(Cl)ccc34)CC1CC2. The minimum atomic E-state index is 0.631. The van der Waals surface area contributed by atoms with Crippen molar-refractivity contribution >= 4 is 27.9 Å². The number of rotatable bonds is 1. The highest BCUT2D eigenvalue weighted by Gasteiger charge is 2.34. The highest BCUT2D eigenvalue weighted by Crippen LogP contribution is 2.39. The Morgan fingerprint density at radius 3 is 2.90 bits per heavy atom. The van der Waals surface area contributed by atoms with E-state index in [0.29, 0.717) is 6.04 Å². The summed E-state index contributed by atoms with van der Waals surface area (Å²) < 4.78 is 0. The van der Waals surface area contributed by atoms with Crippen molar-refractivity contribution in [2.75, 3.05) is 7.05 Å². The van der Waals surface area contributed by atoms with Crippen LogP contribution in [-0.2, 0) is 0 Å². The zero-order valence-electron chi connectivity index (χ0n) is 11.6. The van der Waals surface area contributed by atoms with Crippen molar-refractivity contribution in [2.24, 2.45) is 0 Å². The van der Waals surface area contributed by atoms with Gasteiger partial charge in [-0.25, -0.2) is 0 Å². The Hall–Kier alpha value is -1.31. The molecule has 2 unspecified atom stereocenters. The summed E-state index contributed by atoms with van der Waals surface area (Å²) in [7, 11) is 2.26. The van der Waals surface area contributed by atoms with Gasteiger partial charge in [0.2, 0.25) is 0 Å². The van der Waals surface area contributed by atoms with Crippen LogP contribution in [0.3, 0.4) is 0 Å². The van der Waals surface area contributed by atoms with E-state index in [2.05, 4.69) is 48.4 Å². The Morgan fingerprint density at radius 1 is 1.15 bits per heavy atom. The summed E-state index contributed by atoms with van der Waals surface area (Å²) in [5.74, 6) is 0. The lowest BCUT2D eigenvalue weighted by Gasteiger charge is -2.30. The van der Waals surface area contributed by atoms with Gasteiger partial charge in [-0.3, -0.25) is 4.90 Å². The molecule has 2 aliphatic rings. The fraction of sp³-hybridized carbons (Fsp3) is 0.333. The van der Waals surface area contributed by atoms with E-state index in [-0.39, 0.29) is 0 Å². The van der Waals surface area contributed by atoms with Crippen molar-refractivity contribution in [3.8, 4) is 0 Å². The highest BCUT2D eigenvalue weighted by molar-refractivity contribution is 6.31. The van der Waals surface area contributed by atoms with Crippen LogP contribution in [0.5, 0.6) is 0 Å². The second-order valence-corrected chi connectivity index (χ2v) is 6.47. The van der Waals surface area contributed by atoms with E-state index >= 15 is 0 Å². The summed E-state index contributed by atoms with van der Waals surface area (Å²) in [6.45, 7) is 0. The average molecular weight is 284 g/mol. The van der Waals surface area contributed by atoms with Crippen LogP contribution in [0, 0.1) is 0 Å². The van der Waals surface area contributed by atoms with Crippen LogP contribution in [0.4, 0.5) is 0 Å². The molecule has 1 saturated heterocycles. The number of likely N-dealkylation sites (N-methyl/N-ethyl adjacent to an activating group) is 1. The molecule has 102 valence electrons. The molecule has 0 spiro atoms. The third-order valence-electron chi connectivity index (χ3n) is 4.93. The summed E-state index contributed by atoms with van der Waals surface area (Å²) in [5.41, 5.74) is 2.91. The second-order valence-electron chi connectivity index (χ2n) is 6.03. The molecule has 1 fully saturated rings. The van der Waals surface area contributed by atoms with Gasteiger partial charge in [-0.15, -0.1) is 0 Å². The largest absolute Gasteiger partial charge is 0.297 e. The molecule has 20 heavy (non-hydrogen) atoms. The number of benzene rings is 2. The first-order valence-corrected chi connectivity index (χ1v) is 7.71. The Morgan fingerprint density at radius 2 is 2.05 bits per heavy atom. The first kappa shape index (κ1) is 12.4. The van der Waals surface area contributed by atoms with Crippen LogP contribution in [0.25, 0.3) is 16.3 Å². The topological polar surface area (TPSA) is 3.24 Å². The minimum Gasteiger partial charge on any atom is -0.297 e. The molecule has 4 rings (SSSR count). The zero-order chi connectivity index (χ0) is 13.7. The lowest BCUT2D eigenvalue weighted by Crippen LogP contribution is -2.34. The molecule has 0 N–H and O–H groups in total. The maximum absolute atomic E-state index is 6.11. The van der Waals surface area contributed by atoms with Crippen molar-refractivity contribution in [2.45, 2.75) is 31.3 Å². The van der Waals surface area contributed by atoms with Crippen LogP contribution in [0.2, 0.25) is 5.02 Å². The first-order valence-electron chi connectivity index (χ1n) is 7.33. The predicted molar refractivity (Wildman–Crippen MR) is 86.1 cm³/mol. The molecule has 2 atom stereocenters. The summed E-state index contributed by atoms with van der Waals surface area (Å²) in [5, 5.41) is 3.38. The van der Waals surface area contributed by atoms with Gasteiger partial charge in [0.15, 0.2) is 0 Å². The fourth-order valence-electron chi connectivity index (χ4n) is 3.78. The lowest BCUT2D eigenvalue weighted by atomic mass is 9.91. The van der Waals surface area contributed by atoms with Gasteiger partial charge in [0, 0.05) is 17.1 Å². The highest BCUT2D eigenvalue weighted by atomic mass is 35.5. The Bertz CT molecular complexity index is 704. The van der Waals surface area contributed by atoms with Crippen molar-refractivity contribution in [3.63, 3.8) is 0 Å². The smallest absolute Gasteiger partial charge is 0.0412 e. The summed E-state index contributed by atoms with van der Waals surface area (Å²) in [6, 6.07) is 14.1. The van der Waals surface area contributed by atoms with E-state index in [4.69, 9.17) is 11.6 Å². The third kappa shape index (κ3) is 1.88. The molecule has 2 heterocycles. The lowest BCUT2D eigenvalue weighted by molar-refractivity contribution is 0.264. The van der Waals surface area contributed by atoms with Gasteiger partial charge in [0.1, 0.15) is 0 Å². The number of hydrogen-bond acceptors (Lipinski definition) is 1. The van der Waals surface area contributed by atoms with Crippen LogP contribution in [0.15, 0.2) is 42.5 Å². The molecule has 2 aromatic carbocycles. The number of halogens is 1. The molecule has 0 aliphatic carbocycles. The van der Waals surface area contributed by atoms with E-state index in [0.717, 1.165) is 11.1 Å². The fourth-order valence-corrected chi connectivity index (χ4v) is 3.96. The molecule has 2 bridgehead atoms. The van der Waals surface area contributed by atoms with Gasteiger partial charge in [0.05, 0.1) is 0 Å². The molecule has 2 aliphatic heterocycles. The maximum Gasteiger partial charge on any atom is 0.0412 e. The number of hydrogen-bond donors (Lipinski definition) is 0. The van der Waals surface area contributed by atoms with Crippen LogP contribution in [0.1, 0.15) is 24.8 Å². The quantitative estimate of drug-likeness (QED) is 0.730. The van der Waals surface area contributed by atoms with E-state index in [1.165, 1.54) is 41.2 Å². The van der Waals surface area contributed by atoms with Gasteiger partial charge in [-0.2, -0.15) is 0 Å². The maximum atomic E-state index is 6.11. The molecule has 0 radical (unpaired) electrons. The molecule has 0 saturated carbocycles. The molecular weight excluding hydrogens is 266 g/mol. The number of nitrogens with zero attached hydrogens (tertiary/aromatic N) is 1. The molecule has 0 amide bonds. The van der Waals surface area contributed by atoms with Gasteiger partial charge in [-0.1, -0.05) is 41.9 Å². The molecule has 0 aromatic heterocycles. The summed E-state index contributed by atoms with van der Waals surface area (Å²) >= 11 is 6.11. The molecule has 2 heteroatoms. The molecule has 1 nitrogen and oxygen atoms in total. The van der Waals surface area contributed by atoms with Crippen LogP contribution >= 0.6 is 11.6 Å². The standard InChI is InChI=1S/C18H18ClN/c1-20-15-6-7-16(20)11-13(10-15)17-4-2-3-12-9-14(19)5-8-18(12)17/h2-5,8-10,15-16H,6-7,11H2,1H3. The van der Waals surface area contributed by atoms with Gasteiger partial charge >= 0.3 is 0 Å². The second kappa shape index (κ2) is 4.61. The van der Waals surface area contributed by atoms with E-state index in [1.807, 2.05) is 6.07 Å². The number of fused-ring (bicyclic) bond motifs is 3. The average Bonchev–Trinajstić information content (AvgIpc) is 2.68. The Balaban J connectivity index is 1.85. The molecular formula is C18H18ClN. The normalized spacial score (nSPS) is 26.0. The summed E-state index contributed by atoms with van der Waals surface area (Å²) in [6.07, 6.45) is 6.29. The zero-order valence-corrected chi connectivity index (χ0v) is 12.4. The summed E-state index contributed by atoms with van der Waals surface area (Å²) in [4.78, 5) is 2.53. The van der Waals surface area contributed by atoms with Gasteiger partial charge in [0.25, 0.3) is 0 Å². The van der Waals surface area contributed by atoms with Crippen molar-refractivity contribution in [1.29, 1.82) is 0 Å². The molecule has 2 aromatic rings. The van der Waals surface area contributed by atoms with Crippen molar-refractivity contribution in [3.05, 3.63) is 53.1 Å². The predicted octanol–water partition coefficient (Wildman–Crippen LogP) is 4.74. The van der Waals surface area contributed by atoms with Gasteiger partial charge < -0.3 is 0 Å². The Labute approximate surface area is 124 Å². The van der Waals surface area contributed by atoms with Crippen LogP contribution in [-0.4, -0.2) is 24.0 Å². The minimum absolute atomic E-state index is 0.631. The van der Waals surface area contributed by atoms with E-state index in [1.54, 1.807) is 0 Å². The van der Waals surface area contributed by atoms with Crippen molar-refractivity contribution < 1.29 is 0 Å². The van der Waals surface area contributed by atoms with Crippen LogP contribution < -0.4 is 0 Å². The van der Waals surface area contributed by atoms with E-state index in [9.17, 15) is 0 Å². The third-order valence-corrected chi connectivity index (χ3v) is 5.17. The Kier molecular flexibility index (Phi) is 2.87.